The maximum absolute atomic E-state index is 12.2. The van der Waals surface area contributed by atoms with Crippen molar-refractivity contribution in [3.8, 4) is 0 Å². The average Bonchev–Trinajstić information content (AvgIpc) is 3.05. The van der Waals surface area contributed by atoms with Crippen LogP contribution in [0.25, 0.3) is 0 Å². The normalized spacial score (nSPS) is 40.1. The highest BCUT2D eigenvalue weighted by Crippen LogP contribution is 2.28. The lowest BCUT2D eigenvalue weighted by Crippen LogP contribution is -2.48. The van der Waals surface area contributed by atoms with Gasteiger partial charge < -0.3 is 15.4 Å². The molecule has 102 valence electrons. The lowest BCUT2D eigenvalue weighted by atomic mass is 10.1. The summed E-state index contributed by atoms with van der Waals surface area (Å²) in [5.41, 5.74) is 0. The monoisotopic (exact) mass is 253 g/mol. The fourth-order valence-electron chi connectivity index (χ4n) is 3.62. The minimum absolute atomic E-state index is 0.0644. The second-order valence-corrected chi connectivity index (χ2v) is 5.70. The topological polar surface area (TPSA) is 53.6 Å². The molecule has 5 nitrogen and oxygen atoms in total. The van der Waals surface area contributed by atoms with Crippen molar-refractivity contribution in [2.75, 3.05) is 26.7 Å². The van der Waals surface area contributed by atoms with Crippen LogP contribution in [0, 0.1) is 0 Å². The molecule has 3 rings (SSSR count). The highest BCUT2D eigenvalue weighted by molar-refractivity contribution is 5.82. The van der Waals surface area contributed by atoms with Crippen molar-refractivity contribution in [2.24, 2.45) is 0 Å². The Bertz CT molecular complexity index is 323. The molecule has 0 aliphatic carbocycles. The second kappa shape index (κ2) is 5.15. The van der Waals surface area contributed by atoms with Crippen LogP contribution >= 0.6 is 0 Å². The maximum Gasteiger partial charge on any atom is 0.237 e. The molecule has 3 fully saturated rings. The first-order valence-corrected chi connectivity index (χ1v) is 7.08. The van der Waals surface area contributed by atoms with Crippen molar-refractivity contribution in [1.29, 1.82) is 0 Å². The summed E-state index contributed by atoms with van der Waals surface area (Å²) < 4.78 is 5.28. The van der Waals surface area contributed by atoms with Crippen LogP contribution in [0.4, 0.5) is 0 Å². The number of hydrogen-bond acceptors (Lipinski definition) is 4. The number of rotatable bonds is 3. The lowest BCUT2D eigenvalue weighted by Gasteiger charge is -2.22. The number of carbonyl (C=O) groups is 1. The Morgan fingerprint density at radius 3 is 3.06 bits per heavy atom. The van der Waals surface area contributed by atoms with Gasteiger partial charge >= 0.3 is 0 Å². The molecule has 3 aliphatic rings. The summed E-state index contributed by atoms with van der Waals surface area (Å²) in [6, 6.07) is 0.891. The van der Waals surface area contributed by atoms with Gasteiger partial charge in [-0.3, -0.25) is 9.69 Å². The fraction of sp³-hybridized carbons (Fsp3) is 0.923. The van der Waals surface area contributed by atoms with E-state index in [0.29, 0.717) is 12.1 Å². The Hall–Kier alpha value is -0.650. The molecule has 0 saturated carbocycles. The Morgan fingerprint density at radius 1 is 1.39 bits per heavy atom. The molecule has 3 saturated heterocycles. The molecule has 0 aromatic rings. The molecule has 4 atom stereocenters. The van der Waals surface area contributed by atoms with Gasteiger partial charge in [-0.15, -0.1) is 0 Å². The smallest absolute Gasteiger partial charge is 0.237 e. The number of amides is 1. The van der Waals surface area contributed by atoms with Crippen LogP contribution in [0.2, 0.25) is 0 Å². The molecule has 18 heavy (non-hydrogen) atoms. The van der Waals surface area contributed by atoms with Gasteiger partial charge in [0.15, 0.2) is 0 Å². The van der Waals surface area contributed by atoms with Crippen LogP contribution in [0.3, 0.4) is 0 Å². The first-order chi connectivity index (χ1) is 8.78. The molecule has 4 unspecified atom stereocenters. The number of fused-ring (bicyclic) bond motifs is 1. The minimum Gasteiger partial charge on any atom is -0.380 e. The number of nitrogens with one attached hydrogen (secondary N) is 2. The summed E-state index contributed by atoms with van der Waals surface area (Å²) in [5.74, 6) is 0.160. The van der Waals surface area contributed by atoms with Crippen LogP contribution in [-0.2, 0) is 9.53 Å². The fourth-order valence-corrected chi connectivity index (χ4v) is 3.62. The molecule has 3 aliphatic heterocycles. The number of methoxy groups -OCH3 is 1. The van der Waals surface area contributed by atoms with Gasteiger partial charge in [-0.05, 0) is 32.2 Å². The summed E-state index contributed by atoms with van der Waals surface area (Å²) >= 11 is 0. The standard InChI is InChI=1S/C13H23N3O2/c1-18-9-7-11(14-8-9)13(17)15-10-4-6-16-5-2-3-12(10)16/h9-12,14H,2-8H2,1H3,(H,15,17). The van der Waals surface area contributed by atoms with Crippen LogP contribution in [0.1, 0.15) is 25.7 Å². The summed E-state index contributed by atoms with van der Waals surface area (Å²) in [5, 5.41) is 6.48. The van der Waals surface area contributed by atoms with E-state index >= 15 is 0 Å². The molecule has 2 N–H and O–H groups in total. The van der Waals surface area contributed by atoms with Crippen molar-refractivity contribution >= 4 is 5.91 Å². The van der Waals surface area contributed by atoms with E-state index < -0.39 is 0 Å². The minimum atomic E-state index is -0.0644. The van der Waals surface area contributed by atoms with Crippen molar-refractivity contribution in [3.05, 3.63) is 0 Å². The molecule has 5 heteroatoms. The third-order valence-electron chi connectivity index (χ3n) is 4.67. The van der Waals surface area contributed by atoms with Gasteiger partial charge in [-0.1, -0.05) is 0 Å². The Kier molecular flexibility index (Phi) is 3.54. The van der Waals surface area contributed by atoms with E-state index in [4.69, 9.17) is 4.74 Å². The van der Waals surface area contributed by atoms with E-state index in [1.165, 1.54) is 19.4 Å². The van der Waals surface area contributed by atoms with E-state index in [1.54, 1.807) is 7.11 Å². The van der Waals surface area contributed by atoms with Crippen molar-refractivity contribution in [2.45, 2.75) is 49.9 Å². The number of hydrogen-bond donors (Lipinski definition) is 2. The van der Waals surface area contributed by atoms with E-state index in [0.717, 1.165) is 25.9 Å². The van der Waals surface area contributed by atoms with Crippen LogP contribution < -0.4 is 10.6 Å². The summed E-state index contributed by atoms with van der Waals surface area (Å²) in [6.07, 6.45) is 4.61. The summed E-state index contributed by atoms with van der Waals surface area (Å²) in [6.45, 7) is 3.15. The van der Waals surface area contributed by atoms with Crippen LogP contribution in [-0.4, -0.2) is 61.8 Å². The van der Waals surface area contributed by atoms with Crippen LogP contribution in [0.5, 0.6) is 0 Å². The van der Waals surface area contributed by atoms with Crippen molar-refractivity contribution < 1.29 is 9.53 Å². The van der Waals surface area contributed by atoms with Crippen LogP contribution in [0.15, 0.2) is 0 Å². The van der Waals surface area contributed by atoms with Crippen molar-refractivity contribution in [1.82, 2.24) is 15.5 Å². The number of carbonyl (C=O) groups excluding carboxylic acids is 1. The van der Waals surface area contributed by atoms with E-state index in [1.807, 2.05) is 0 Å². The second-order valence-electron chi connectivity index (χ2n) is 5.70. The average molecular weight is 253 g/mol. The summed E-state index contributed by atoms with van der Waals surface area (Å²) in [4.78, 5) is 14.7. The molecule has 3 heterocycles. The third-order valence-corrected chi connectivity index (χ3v) is 4.67. The molecular formula is C13H23N3O2. The van der Waals surface area contributed by atoms with E-state index in [9.17, 15) is 4.79 Å². The van der Waals surface area contributed by atoms with Crippen molar-refractivity contribution in [3.63, 3.8) is 0 Å². The number of nitrogens with zero attached hydrogens (tertiary/aromatic N) is 1. The molecule has 0 aromatic carbocycles. The van der Waals surface area contributed by atoms with E-state index in [-0.39, 0.29) is 18.1 Å². The largest absolute Gasteiger partial charge is 0.380 e. The first-order valence-electron chi connectivity index (χ1n) is 7.08. The Labute approximate surface area is 108 Å². The van der Waals surface area contributed by atoms with Gasteiger partial charge in [-0.2, -0.15) is 0 Å². The zero-order chi connectivity index (χ0) is 12.5. The van der Waals surface area contributed by atoms with Gasteiger partial charge in [0.2, 0.25) is 5.91 Å². The van der Waals surface area contributed by atoms with Gasteiger partial charge in [0.1, 0.15) is 0 Å². The zero-order valence-electron chi connectivity index (χ0n) is 11.0. The molecule has 0 bridgehead atoms. The zero-order valence-corrected chi connectivity index (χ0v) is 11.0. The first kappa shape index (κ1) is 12.4. The predicted octanol–water partition coefficient (Wildman–Crippen LogP) is -0.284. The summed E-state index contributed by atoms with van der Waals surface area (Å²) in [7, 11) is 1.71. The molecule has 1 amide bonds. The third kappa shape index (κ3) is 2.27. The lowest BCUT2D eigenvalue weighted by molar-refractivity contribution is -0.123. The molecule has 0 radical (unpaired) electrons. The molecule has 0 aromatic heterocycles. The van der Waals surface area contributed by atoms with Gasteiger partial charge in [0.25, 0.3) is 0 Å². The SMILES string of the molecule is COC1CNC(C(=O)NC2CCN3CCCC23)C1. The quantitative estimate of drug-likeness (QED) is 0.726. The maximum atomic E-state index is 12.2. The van der Waals surface area contributed by atoms with E-state index in [2.05, 4.69) is 15.5 Å². The highest BCUT2D eigenvalue weighted by Gasteiger charge is 2.39. The van der Waals surface area contributed by atoms with Gasteiger partial charge in [0, 0.05) is 32.3 Å². The number of ether oxygens (including phenoxy) is 1. The van der Waals surface area contributed by atoms with Gasteiger partial charge in [0.05, 0.1) is 12.1 Å². The molecular weight excluding hydrogens is 230 g/mol. The molecule has 0 spiro atoms. The Morgan fingerprint density at radius 2 is 2.28 bits per heavy atom. The highest BCUT2D eigenvalue weighted by atomic mass is 16.5. The predicted molar refractivity (Wildman–Crippen MR) is 68.3 cm³/mol. The van der Waals surface area contributed by atoms with Gasteiger partial charge in [-0.25, -0.2) is 0 Å². The Balaban J connectivity index is 1.52.